The van der Waals surface area contributed by atoms with Crippen molar-refractivity contribution in [2.75, 3.05) is 6.61 Å². The number of aryl methyl sites for hydroxylation is 3. The summed E-state index contributed by atoms with van der Waals surface area (Å²) in [6.07, 6.45) is 2.15. The van der Waals surface area contributed by atoms with Gasteiger partial charge in [0.05, 0.1) is 6.61 Å². The average molecular weight is 421 g/mol. The first-order valence-electron chi connectivity index (χ1n) is 11.6. The Bertz CT molecular complexity index is 1100. The van der Waals surface area contributed by atoms with Crippen LogP contribution >= 0.6 is 0 Å². The number of hydrogen-bond donors (Lipinski definition) is 0. The molecule has 0 aliphatic carbocycles. The number of hydrogen-bond acceptors (Lipinski definition) is 1. The first kappa shape index (κ1) is 21.9. The maximum absolute atomic E-state index is 6.49. The van der Waals surface area contributed by atoms with E-state index in [9.17, 15) is 0 Å². The van der Waals surface area contributed by atoms with Crippen LogP contribution in [0.4, 0.5) is 0 Å². The van der Waals surface area contributed by atoms with Gasteiger partial charge in [-0.3, -0.25) is 0 Å². The van der Waals surface area contributed by atoms with Gasteiger partial charge < -0.3 is 4.74 Å². The number of rotatable bonds is 7. The molecule has 0 amide bonds. The van der Waals surface area contributed by atoms with Gasteiger partial charge in [-0.1, -0.05) is 103 Å². The largest absolute Gasteiger partial charge is 0.492 e. The lowest BCUT2D eigenvalue weighted by molar-refractivity contribution is 0.312. The monoisotopic (exact) mass is 420 g/mol. The van der Waals surface area contributed by atoms with Crippen LogP contribution in [0.3, 0.4) is 0 Å². The summed E-state index contributed by atoms with van der Waals surface area (Å²) in [5, 5.41) is 0. The Balaban J connectivity index is 1.96. The molecule has 0 fully saturated rings. The molecule has 0 radical (unpaired) electrons. The topological polar surface area (TPSA) is 9.23 Å². The van der Waals surface area contributed by atoms with E-state index in [1.165, 1.54) is 38.9 Å². The van der Waals surface area contributed by atoms with Gasteiger partial charge in [0.25, 0.3) is 0 Å². The van der Waals surface area contributed by atoms with Gasteiger partial charge in [0.2, 0.25) is 0 Å². The van der Waals surface area contributed by atoms with Crippen LogP contribution in [0.2, 0.25) is 0 Å². The van der Waals surface area contributed by atoms with Gasteiger partial charge in [0.15, 0.2) is 0 Å². The summed E-state index contributed by atoms with van der Waals surface area (Å²) in [5.74, 6) is 0.974. The molecule has 4 rings (SSSR count). The molecule has 4 aromatic carbocycles. The lowest BCUT2D eigenvalue weighted by Gasteiger charge is -2.19. The Morgan fingerprint density at radius 1 is 0.531 bits per heavy atom. The highest BCUT2D eigenvalue weighted by molar-refractivity contribution is 5.88. The van der Waals surface area contributed by atoms with E-state index >= 15 is 0 Å². The molecule has 0 saturated heterocycles. The third kappa shape index (κ3) is 4.94. The van der Waals surface area contributed by atoms with Crippen LogP contribution in [0, 0.1) is 20.8 Å². The van der Waals surface area contributed by atoms with Crippen molar-refractivity contribution in [2.45, 2.75) is 40.5 Å². The summed E-state index contributed by atoms with van der Waals surface area (Å²) < 4.78 is 6.49. The lowest BCUT2D eigenvalue weighted by atomic mass is 9.91. The Hall–Kier alpha value is -3.32. The summed E-state index contributed by atoms with van der Waals surface area (Å²) >= 11 is 0. The zero-order valence-corrected chi connectivity index (χ0v) is 19.6. The summed E-state index contributed by atoms with van der Waals surface area (Å²) in [7, 11) is 0. The second-order valence-electron chi connectivity index (χ2n) is 8.70. The second-order valence-corrected chi connectivity index (χ2v) is 8.70. The summed E-state index contributed by atoms with van der Waals surface area (Å²) in [6.45, 7) is 9.30. The van der Waals surface area contributed by atoms with E-state index in [1.807, 2.05) is 0 Å². The first-order valence-corrected chi connectivity index (χ1v) is 11.6. The van der Waals surface area contributed by atoms with Gasteiger partial charge in [-0.15, -0.1) is 0 Å². The van der Waals surface area contributed by atoms with Crippen LogP contribution < -0.4 is 4.74 Å². The highest BCUT2D eigenvalue weighted by Gasteiger charge is 2.17. The van der Waals surface area contributed by atoms with Crippen molar-refractivity contribution < 1.29 is 4.74 Å². The summed E-state index contributed by atoms with van der Waals surface area (Å²) in [6, 6.07) is 30.9. The quantitative estimate of drug-likeness (QED) is 0.271. The van der Waals surface area contributed by atoms with Crippen molar-refractivity contribution in [1.82, 2.24) is 0 Å². The highest BCUT2D eigenvalue weighted by Crippen LogP contribution is 2.43. The summed E-state index contributed by atoms with van der Waals surface area (Å²) in [4.78, 5) is 0. The van der Waals surface area contributed by atoms with Gasteiger partial charge in [0.1, 0.15) is 5.75 Å². The average Bonchev–Trinajstić information content (AvgIpc) is 2.81. The van der Waals surface area contributed by atoms with Crippen molar-refractivity contribution >= 4 is 0 Å². The zero-order chi connectivity index (χ0) is 22.5. The molecule has 1 heteroatoms. The van der Waals surface area contributed by atoms with E-state index in [2.05, 4.69) is 113 Å². The molecule has 0 aromatic heterocycles. The maximum Gasteiger partial charge on any atom is 0.134 e. The zero-order valence-electron chi connectivity index (χ0n) is 19.6. The van der Waals surface area contributed by atoms with E-state index in [0.717, 1.165) is 36.3 Å². The van der Waals surface area contributed by atoms with Gasteiger partial charge in [-0.25, -0.2) is 0 Å². The van der Waals surface area contributed by atoms with E-state index in [1.54, 1.807) is 0 Å². The fourth-order valence-electron chi connectivity index (χ4n) is 3.91. The molecule has 0 unspecified atom stereocenters. The van der Waals surface area contributed by atoms with E-state index in [4.69, 9.17) is 4.74 Å². The lowest BCUT2D eigenvalue weighted by Crippen LogP contribution is -2.01. The fourth-order valence-corrected chi connectivity index (χ4v) is 3.91. The molecule has 0 saturated carbocycles. The molecule has 0 bridgehead atoms. The molecule has 0 spiro atoms. The van der Waals surface area contributed by atoms with Gasteiger partial charge in [-0.2, -0.15) is 0 Å². The Morgan fingerprint density at radius 2 is 0.938 bits per heavy atom. The molecule has 0 heterocycles. The summed E-state index contributed by atoms with van der Waals surface area (Å²) in [5.41, 5.74) is 10.9. The predicted octanol–water partition coefficient (Wildman–Crippen LogP) is 8.79. The van der Waals surface area contributed by atoms with Crippen LogP contribution in [0.25, 0.3) is 33.4 Å². The van der Waals surface area contributed by atoms with Crippen molar-refractivity contribution in [2.24, 2.45) is 0 Å². The third-order valence-corrected chi connectivity index (χ3v) is 5.94. The van der Waals surface area contributed by atoms with Gasteiger partial charge >= 0.3 is 0 Å². The molecule has 0 N–H and O–H groups in total. The van der Waals surface area contributed by atoms with Gasteiger partial charge in [-0.05, 0) is 61.6 Å². The first-order chi connectivity index (χ1) is 15.5. The molecule has 0 aliphatic rings. The fraction of sp³-hybridized carbons (Fsp3) is 0.226. The minimum Gasteiger partial charge on any atom is -0.492 e. The molecule has 4 aromatic rings. The van der Waals surface area contributed by atoms with Crippen LogP contribution in [0.5, 0.6) is 5.75 Å². The SMILES string of the molecule is CCCCOc1c(-c2ccc(C)cc2)cc(-c2ccc(C)cc2)cc1-c1ccc(C)cc1. The van der Waals surface area contributed by atoms with Crippen LogP contribution in [-0.4, -0.2) is 6.61 Å². The van der Waals surface area contributed by atoms with E-state index in [-0.39, 0.29) is 0 Å². The minimum absolute atomic E-state index is 0.720. The second kappa shape index (κ2) is 9.87. The standard InChI is InChI=1S/C31H32O/c1-5-6-19-32-31-29(26-15-9-23(3)10-16-26)20-28(25-13-7-22(2)8-14-25)21-30(31)27-17-11-24(4)12-18-27/h7-18,20-21H,5-6,19H2,1-4H3. The van der Waals surface area contributed by atoms with Crippen molar-refractivity contribution in [3.63, 3.8) is 0 Å². The van der Waals surface area contributed by atoms with E-state index in [0.29, 0.717) is 0 Å². The predicted molar refractivity (Wildman–Crippen MR) is 137 cm³/mol. The normalized spacial score (nSPS) is 10.9. The molecular weight excluding hydrogens is 388 g/mol. The molecule has 162 valence electrons. The van der Waals surface area contributed by atoms with E-state index < -0.39 is 0 Å². The maximum atomic E-state index is 6.49. The van der Waals surface area contributed by atoms with Gasteiger partial charge in [0, 0.05) is 11.1 Å². The van der Waals surface area contributed by atoms with Crippen LogP contribution in [-0.2, 0) is 0 Å². The Morgan fingerprint density at radius 3 is 1.34 bits per heavy atom. The minimum atomic E-state index is 0.720. The molecule has 1 nitrogen and oxygen atoms in total. The number of benzene rings is 4. The van der Waals surface area contributed by atoms with Crippen LogP contribution in [0.15, 0.2) is 84.9 Å². The number of unbranched alkanes of at least 4 members (excludes halogenated alkanes) is 1. The highest BCUT2D eigenvalue weighted by atomic mass is 16.5. The Kier molecular flexibility index (Phi) is 6.75. The molecule has 32 heavy (non-hydrogen) atoms. The van der Waals surface area contributed by atoms with Crippen molar-refractivity contribution in [3.8, 4) is 39.1 Å². The van der Waals surface area contributed by atoms with Crippen LogP contribution in [0.1, 0.15) is 36.5 Å². The molecule has 0 aliphatic heterocycles. The molecular formula is C31H32O. The number of ether oxygens (including phenoxy) is 1. The van der Waals surface area contributed by atoms with Crippen molar-refractivity contribution in [3.05, 3.63) is 102 Å². The third-order valence-electron chi connectivity index (χ3n) is 5.94. The smallest absolute Gasteiger partial charge is 0.134 e. The Labute approximate surface area is 192 Å². The molecule has 0 atom stereocenters. The van der Waals surface area contributed by atoms with Crippen molar-refractivity contribution in [1.29, 1.82) is 0 Å².